The number of rotatable bonds is 6. The van der Waals surface area contributed by atoms with Crippen LogP contribution in [0.5, 0.6) is 0 Å². The zero-order chi connectivity index (χ0) is 14.4. The van der Waals surface area contributed by atoms with E-state index in [1.807, 2.05) is 17.5 Å². The molecule has 0 aliphatic carbocycles. The van der Waals surface area contributed by atoms with E-state index in [0.29, 0.717) is 0 Å². The standard InChI is InChI=1S/C13H20N2O3S/c1-8(9(2)14)13(17)15-10(7-12(16)18-3)11-5-4-6-19-11/h4-6,8-10H,7,14H2,1-3H3,(H,15,17). The maximum Gasteiger partial charge on any atom is 0.307 e. The van der Waals surface area contributed by atoms with E-state index in [1.165, 1.54) is 18.4 Å². The first-order valence-corrected chi connectivity index (χ1v) is 6.99. The lowest BCUT2D eigenvalue weighted by Crippen LogP contribution is -2.40. The highest BCUT2D eigenvalue weighted by atomic mass is 32.1. The summed E-state index contributed by atoms with van der Waals surface area (Å²) in [6, 6.07) is 3.17. The van der Waals surface area contributed by atoms with Crippen molar-refractivity contribution >= 4 is 23.2 Å². The van der Waals surface area contributed by atoms with Crippen LogP contribution < -0.4 is 11.1 Å². The van der Waals surface area contributed by atoms with Crippen molar-refractivity contribution in [2.75, 3.05) is 7.11 Å². The van der Waals surface area contributed by atoms with Crippen molar-refractivity contribution < 1.29 is 14.3 Å². The monoisotopic (exact) mass is 284 g/mol. The number of esters is 1. The molecule has 1 aromatic rings. The average molecular weight is 284 g/mol. The van der Waals surface area contributed by atoms with Crippen molar-refractivity contribution in [1.82, 2.24) is 5.32 Å². The minimum Gasteiger partial charge on any atom is -0.469 e. The van der Waals surface area contributed by atoms with Gasteiger partial charge in [-0.05, 0) is 18.4 Å². The van der Waals surface area contributed by atoms with E-state index in [-0.39, 0.29) is 36.3 Å². The van der Waals surface area contributed by atoms with E-state index in [0.717, 1.165) is 4.88 Å². The van der Waals surface area contributed by atoms with E-state index in [9.17, 15) is 9.59 Å². The summed E-state index contributed by atoms with van der Waals surface area (Å²) in [5.41, 5.74) is 5.71. The molecule has 0 aliphatic rings. The van der Waals surface area contributed by atoms with Crippen LogP contribution in [-0.2, 0) is 14.3 Å². The van der Waals surface area contributed by atoms with Gasteiger partial charge in [0.15, 0.2) is 0 Å². The summed E-state index contributed by atoms with van der Waals surface area (Å²) in [4.78, 5) is 24.4. The minimum atomic E-state index is -0.360. The predicted octanol–water partition coefficient (Wildman–Crippen LogP) is 1.45. The number of carbonyl (C=O) groups excluding carboxylic acids is 2. The van der Waals surface area contributed by atoms with Gasteiger partial charge >= 0.3 is 5.97 Å². The summed E-state index contributed by atoms with van der Waals surface area (Å²) in [6.07, 6.45) is 0.119. The van der Waals surface area contributed by atoms with Crippen molar-refractivity contribution in [3.05, 3.63) is 22.4 Å². The number of amides is 1. The molecule has 0 radical (unpaired) electrons. The minimum absolute atomic E-state index is 0.119. The van der Waals surface area contributed by atoms with E-state index >= 15 is 0 Å². The molecule has 0 saturated heterocycles. The van der Waals surface area contributed by atoms with Crippen LogP contribution in [0.1, 0.15) is 31.2 Å². The van der Waals surface area contributed by atoms with Crippen molar-refractivity contribution in [2.45, 2.75) is 32.4 Å². The first kappa shape index (κ1) is 15.7. The van der Waals surface area contributed by atoms with Gasteiger partial charge in [-0.2, -0.15) is 0 Å². The lowest BCUT2D eigenvalue weighted by molar-refractivity contribution is -0.141. The number of hydrogen-bond donors (Lipinski definition) is 2. The second kappa shape index (κ2) is 7.25. The third kappa shape index (κ3) is 4.65. The van der Waals surface area contributed by atoms with Crippen molar-refractivity contribution in [3.63, 3.8) is 0 Å². The molecule has 0 spiro atoms. The fourth-order valence-electron chi connectivity index (χ4n) is 1.50. The molecule has 0 fully saturated rings. The molecule has 3 unspecified atom stereocenters. The maximum atomic E-state index is 12.0. The Morgan fingerprint density at radius 3 is 2.63 bits per heavy atom. The number of nitrogens with two attached hydrogens (primary N) is 1. The number of thiophene rings is 1. The van der Waals surface area contributed by atoms with Crippen molar-refractivity contribution in [2.24, 2.45) is 11.7 Å². The van der Waals surface area contributed by atoms with Crippen molar-refractivity contribution in [3.8, 4) is 0 Å². The van der Waals surface area contributed by atoms with Gasteiger partial charge in [-0.15, -0.1) is 11.3 Å². The van der Waals surface area contributed by atoms with Gasteiger partial charge in [0, 0.05) is 16.8 Å². The van der Waals surface area contributed by atoms with Crippen LogP contribution in [0.25, 0.3) is 0 Å². The topological polar surface area (TPSA) is 81.4 Å². The first-order chi connectivity index (χ1) is 8.95. The zero-order valence-corrected chi connectivity index (χ0v) is 12.2. The maximum absolute atomic E-state index is 12.0. The molecule has 1 amide bonds. The summed E-state index contributed by atoms with van der Waals surface area (Å²) in [5.74, 6) is -0.815. The van der Waals surface area contributed by atoms with Gasteiger partial charge in [0.05, 0.1) is 19.6 Å². The average Bonchev–Trinajstić information content (AvgIpc) is 2.90. The molecule has 1 rings (SSSR count). The first-order valence-electron chi connectivity index (χ1n) is 6.11. The van der Waals surface area contributed by atoms with Crippen LogP contribution in [0.4, 0.5) is 0 Å². The predicted molar refractivity (Wildman–Crippen MR) is 74.6 cm³/mol. The molecule has 0 saturated carbocycles. The molecule has 0 bridgehead atoms. The van der Waals surface area contributed by atoms with Crippen LogP contribution in [0.15, 0.2) is 17.5 Å². The zero-order valence-electron chi connectivity index (χ0n) is 11.4. The molecule has 3 atom stereocenters. The lowest BCUT2D eigenvalue weighted by atomic mass is 10.0. The third-order valence-corrected chi connectivity index (χ3v) is 3.99. The van der Waals surface area contributed by atoms with E-state index in [4.69, 9.17) is 5.73 Å². The summed E-state index contributed by atoms with van der Waals surface area (Å²) < 4.78 is 4.66. The van der Waals surface area contributed by atoms with Crippen LogP contribution in [-0.4, -0.2) is 25.0 Å². The Bertz CT molecular complexity index is 418. The Morgan fingerprint density at radius 1 is 1.47 bits per heavy atom. The molecular weight excluding hydrogens is 264 g/mol. The van der Waals surface area contributed by atoms with Gasteiger partial charge in [-0.1, -0.05) is 13.0 Å². The second-order valence-electron chi connectivity index (χ2n) is 4.50. The third-order valence-electron chi connectivity index (χ3n) is 3.00. The Kier molecular flexibility index (Phi) is 5.98. The fraction of sp³-hybridized carbons (Fsp3) is 0.538. The van der Waals surface area contributed by atoms with Crippen LogP contribution in [0.2, 0.25) is 0 Å². The Hall–Kier alpha value is -1.40. The van der Waals surface area contributed by atoms with Crippen LogP contribution in [0.3, 0.4) is 0 Å². The molecule has 1 aromatic heterocycles. The smallest absolute Gasteiger partial charge is 0.307 e. The lowest BCUT2D eigenvalue weighted by Gasteiger charge is -2.21. The van der Waals surface area contributed by atoms with Crippen LogP contribution >= 0.6 is 11.3 Å². The van der Waals surface area contributed by atoms with Gasteiger partial charge in [0.25, 0.3) is 0 Å². The highest BCUT2D eigenvalue weighted by Crippen LogP contribution is 2.23. The number of carbonyl (C=O) groups is 2. The highest BCUT2D eigenvalue weighted by Gasteiger charge is 2.24. The Labute approximate surface area is 117 Å². The summed E-state index contributed by atoms with van der Waals surface area (Å²) in [6.45, 7) is 3.55. The Morgan fingerprint density at radius 2 is 2.16 bits per heavy atom. The largest absolute Gasteiger partial charge is 0.469 e. The summed E-state index contributed by atoms with van der Waals surface area (Å²) in [5, 5.41) is 4.76. The summed E-state index contributed by atoms with van der Waals surface area (Å²) >= 11 is 1.49. The molecule has 0 aliphatic heterocycles. The van der Waals surface area contributed by atoms with Gasteiger partial charge in [-0.3, -0.25) is 9.59 Å². The van der Waals surface area contributed by atoms with Gasteiger partial charge < -0.3 is 15.8 Å². The quantitative estimate of drug-likeness (QED) is 0.775. The van der Waals surface area contributed by atoms with Gasteiger partial charge in [0.2, 0.25) is 5.91 Å². The molecule has 106 valence electrons. The second-order valence-corrected chi connectivity index (χ2v) is 5.48. The normalized spacial score (nSPS) is 15.4. The van der Waals surface area contributed by atoms with E-state index in [2.05, 4.69) is 10.1 Å². The van der Waals surface area contributed by atoms with Crippen molar-refractivity contribution in [1.29, 1.82) is 0 Å². The molecule has 1 heterocycles. The number of hydrogen-bond acceptors (Lipinski definition) is 5. The summed E-state index contributed by atoms with van der Waals surface area (Å²) in [7, 11) is 1.33. The van der Waals surface area contributed by atoms with Gasteiger partial charge in [-0.25, -0.2) is 0 Å². The highest BCUT2D eigenvalue weighted by molar-refractivity contribution is 7.10. The number of nitrogens with one attached hydrogen (secondary N) is 1. The molecule has 3 N–H and O–H groups in total. The SMILES string of the molecule is COC(=O)CC(NC(=O)C(C)C(C)N)c1cccs1. The Balaban J connectivity index is 2.75. The molecule has 6 heteroatoms. The van der Waals surface area contributed by atoms with Gasteiger partial charge in [0.1, 0.15) is 0 Å². The molecule has 19 heavy (non-hydrogen) atoms. The van der Waals surface area contributed by atoms with E-state index < -0.39 is 0 Å². The van der Waals surface area contributed by atoms with E-state index in [1.54, 1.807) is 13.8 Å². The number of ether oxygens (including phenoxy) is 1. The van der Waals surface area contributed by atoms with Crippen LogP contribution in [0, 0.1) is 5.92 Å². The molecule has 5 nitrogen and oxygen atoms in total. The number of methoxy groups -OCH3 is 1. The fourth-order valence-corrected chi connectivity index (χ4v) is 2.28. The molecule has 0 aromatic carbocycles. The molecular formula is C13H20N2O3S.